The number of hydrogen-bond acceptors (Lipinski definition) is 6. The smallest absolute Gasteiger partial charge is 0.293 e. The minimum absolute atomic E-state index is 0.00969. The van der Waals surface area contributed by atoms with Crippen molar-refractivity contribution in [2.45, 2.75) is 24.6 Å². The van der Waals surface area contributed by atoms with Crippen LogP contribution in [0.1, 0.15) is 34.0 Å². The van der Waals surface area contributed by atoms with Crippen molar-refractivity contribution < 1.29 is 9.72 Å². The Bertz CT molecular complexity index is 1330. The van der Waals surface area contributed by atoms with Gasteiger partial charge in [-0.25, -0.2) is 0 Å². The summed E-state index contributed by atoms with van der Waals surface area (Å²) in [4.78, 5) is 38.6. The Hall–Kier alpha value is -3.59. The summed E-state index contributed by atoms with van der Waals surface area (Å²) < 4.78 is 1.84. The first-order valence-corrected chi connectivity index (χ1v) is 13.3. The number of rotatable bonds is 8. The summed E-state index contributed by atoms with van der Waals surface area (Å²) in [5.41, 5.74) is 2.98. The van der Waals surface area contributed by atoms with Crippen molar-refractivity contribution in [2.75, 3.05) is 30.3 Å². The molecule has 1 fully saturated rings. The Kier molecular flexibility index (Phi) is 7.09. The molecule has 0 spiro atoms. The largest absolute Gasteiger partial charge is 0.365 e. The Morgan fingerprint density at radius 2 is 1.89 bits per heavy atom. The van der Waals surface area contributed by atoms with Crippen molar-refractivity contribution in [1.82, 2.24) is 9.88 Å². The molecule has 2 unspecified atom stereocenters. The maximum absolute atomic E-state index is 12.7. The van der Waals surface area contributed by atoms with Crippen LogP contribution >= 0.6 is 11.8 Å². The standard InChI is InChI=1S/C27H28N4O4S/c32-26-8-4-7-23-22-13-20(16-30(23)26)15-29(17-22)24-10-9-21(14-25(24)31(34)35)27(33)28-11-12-36-18-19-5-2-1-3-6-19/h1-10,14,20,22H,11-13,15-18H2,(H,28,33). The zero-order valence-electron chi connectivity index (χ0n) is 19.8. The normalized spacial score (nSPS) is 18.4. The molecule has 1 saturated heterocycles. The van der Waals surface area contributed by atoms with E-state index in [-0.39, 0.29) is 34.6 Å². The third kappa shape index (κ3) is 5.16. The van der Waals surface area contributed by atoms with Crippen molar-refractivity contribution in [3.05, 3.63) is 104 Å². The van der Waals surface area contributed by atoms with Gasteiger partial charge in [0, 0.05) is 67.0 Å². The van der Waals surface area contributed by atoms with Crippen LogP contribution in [0, 0.1) is 16.0 Å². The molecular weight excluding hydrogens is 476 g/mol. The van der Waals surface area contributed by atoms with Crippen LogP contribution < -0.4 is 15.8 Å². The van der Waals surface area contributed by atoms with E-state index in [4.69, 9.17) is 0 Å². The zero-order chi connectivity index (χ0) is 25.1. The second kappa shape index (κ2) is 10.6. The number of aromatic nitrogens is 1. The van der Waals surface area contributed by atoms with Gasteiger partial charge >= 0.3 is 0 Å². The van der Waals surface area contributed by atoms with Gasteiger partial charge in [0.05, 0.1) is 4.92 Å². The number of thioether (sulfide) groups is 1. The Morgan fingerprint density at radius 3 is 2.69 bits per heavy atom. The lowest BCUT2D eigenvalue weighted by atomic mass is 9.83. The number of nitrogens with one attached hydrogen (secondary N) is 1. The van der Waals surface area contributed by atoms with Crippen LogP contribution in [0.3, 0.4) is 0 Å². The van der Waals surface area contributed by atoms with Gasteiger partial charge < -0.3 is 14.8 Å². The molecule has 9 heteroatoms. The van der Waals surface area contributed by atoms with Crippen LogP contribution in [-0.2, 0) is 12.3 Å². The van der Waals surface area contributed by atoms with E-state index >= 15 is 0 Å². The highest BCUT2D eigenvalue weighted by Crippen LogP contribution is 2.39. The maximum Gasteiger partial charge on any atom is 0.293 e. The van der Waals surface area contributed by atoms with Crippen molar-refractivity contribution in [2.24, 2.45) is 5.92 Å². The van der Waals surface area contributed by atoms with Gasteiger partial charge in [0.1, 0.15) is 5.69 Å². The van der Waals surface area contributed by atoms with E-state index < -0.39 is 4.92 Å². The van der Waals surface area contributed by atoms with Crippen LogP contribution in [0.5, 0.6) is 0 Å². The minimum Gasteiger partial charge on any atom is -0.365 e. The molecule has 1 amide bonds. The fraction of sp³-hybridized carbons (Fsp3) is 0.333. The van der Waals surface area contributed by atoms with E-state index in [1.807, 2.05) is 33.7 Å². The topological polar surface area (TPSA) is 97.5 Å². The first-order valence-electron chi connectivity index (χ1n) is 12.1. The van der Waals surface area contributed by atoms with Gasteiger partial charge in [0.15, 0.2) is 0 Å². The Labute approximate surface area is 213 Å². The number of piperidine rings is 1. The van der Waals surface area contributed by atoms with Gasteiger partial charge in [-0.1, -0.05) is 36.4 Å². The predicted molar refractivity (Wildman–Crippen MR) is 142 cm³/mol. The summed E-state index contributed by atoms with van der Waals surface area (Å²) in [6, 6.07) is 20.2. The molecule has 2 aromatic carbocycles. The van der Waals surface area contributed by atoms with Crippen molar-refractivity contribution in [1.29, 1.82) is 0 Å². The quantitative estimate of drug-likeness (QED) is 0.282. The Morgan fingerprint density at radius 1 is 1.06 bits per heavy atom. The van der Waals surface area contributed by atoms with Gasteiger partial charge in [0.2, 0.25) is 0 Å². The highest BCUT2D eigenvalue weighted by Gasteiger charge is 2.36. The lowest BCUT2D eigenvalue weighted by molar-refractivity contribution is -0.384. The highest BCUT2D eigenvalue weighted by atomic mass is 32.2. The summed E-state index contributed by atoms with van der Waals surface area (Å²) in [5.74, 6) is 1.69. The average Bonchev–Trinajstić information content (AvgIpc) is 2.89. The molecule has 2 atom stereocenters. The second-order valence-corrected chi connectivity index (χ2v) is 10.5. The summed E-state index contributed by atoms with van der Waals surface area (Å²) in [6.45, 7) is 2.35. The highest BCUT2D eigenvalue weighted by molar-refractivity contribution is 7.98. The molecule has 0 aliphatic carbocycles. The number of benzene rings is 2. The number of hydrogen-bond donors (Lipinski definition) is 1. The van der Waals surface area contributed by atoms with E-state index in [2.05, 4.69) is 17.4 Å². The van der Waals surface area contributed by atoms with Crippen LogP contribution in [0.15, 0.2) is 71.5 Å². The molecule has 1 N–H and O–H groups in total. The number of anilines is 1. The van der Waals surface area contributed by atoms with E-state index in [9.17, 15) is 19.7 Å². The van der Waals surface area contributed by atoms with Gasteiger partial charge in [-0.15, -0.1) is 0 Å². The molecular formula is C27H28N4O4S. The summed E-state index contributed by atoms with van der Waals surface area (Å²) in [6.07, 6.45) is 0.969. The molecule has 2 aliphatic heterocycles. The van der Waals surface area contributed by atoms with Crippen LogP contribution in [0.25, 0.3) is 0 Å². The minimum atomic E-state index is -0.412. The molecule has 8 nitrogen and oxygen atoms in total. The van der Waals surface area contributed by atoms with Crippen LogP contribution in [0.4, 0.5) is 11.4 Å². The maximum atomic E-state index is 12.7. The van der Waals surface area contributed by atoms with E-state index in [0.29, 0.717) is 31.9 Å². The summed E-state index contributed by atoms with van der Waals surface area (Å²) >= 11 is 1.73. The summed E-state index contributed by atoms with van der Waals surface area (Å²) in [7, 11) is 0. The van der Waals surface area contributed by atoms with E-state index in [0.717, 1.165) is 23.6 Å². The van der Waals surface area contributed by atoms with E-state index in [1.165, 1.54) is 11.6 Å². The van der Waals surface area contributed by atoms with Crippen molar-refractivity contribution in [3.8, 4) is 0 Å². The monoisotopic (exact) mass is 504 g/mol. The molecule has 186 valence electrons. The van der Waals surface area contributed by atoms with Crippen molar-refractivity contribution >= 4 is 29.0 Å². The molecule has 0 saturated carbocycles. The first-order chi connectivity index (χ1) is 17.5. The number of fused-ring (bicyclic) bond motifs is 4. The van der Waals surface area contributed by atoms with Crippen LogP contribution in [-0.4, -0.2) is 40.8 Å². The van der Waals surface area contributed by atoms with Crippen molar-refractivity contribution in [3.63, 3.8) is 0 Å². The lowest BCUT2D eigenvalue weighted by Crippen LogP contribution is -2.47. The number of nitro benzene ring substituents is 1. The fourth-order valence-corrected chi connectivity index (χ4v) is 6.09. The second-order valence-electron chi connectivity index (χ2n) is 9.36. The number of nitro groups is 1. The fourth-order valence-electron chi connectivity index (χ4n) is 5.27. The third-order valence-corrected chi connectivity index (χ3v) is 7.93. The van der Waals surface area contributed by atoms with Gasteiger partial charge in [-0.3, -0.25) is 19.7 Å². The lowest BCUT2D eigenvalue weighted by Gasteiger charge is -2.43. The predicted octanol–water partition coefficient (Wildman–Crippen LogP) is 4.04. The molecule has 1 aromatic heterocycles. The number of amides is 1. The number of pyridine rings is 1. The average molecular weight is 505 g/mol. The molecule has 36 heavy (non-hydrogen) atoms. The molecule has 3 aromatic rings. The SMILES string of the molecule is O=C(NCCSCc1ccccc1)c1ccc(N2CC3CC(C2)c2cccc(=O)n2C3)c([N+](=O)[O-])c1. The molecule has 3 heterocycles. The summed E-state index contributed by atoms with van der Waals surface area (Å²) in [5, 5.41) is 14.8. The van der Waals surface area contributed by atoms with Crippen LogP contribution in [0.2, 0.25) is 0 Å². The van der Waals surface area contributed by atoms with Gasteiger partial charge in [-0.2, -0.15) is 11.8 Å². The molecule has 2 aliphatic rings. The van der Waals surface area contributed by atoms with E-state index in [1.54, 1.807) is 36.0 Å². The molecule has 0 radical (unpaired) electrons. The van der Waals surface area contributed by atoms with Gasteiger partial charge in [-0.05, 0) is 36.1 Å². The Balaban J connectivity index is 1.24. The number of carbonyl (C=O) groups excluding carboxylic acids is 1. The molecule has 2 bridgehead atoms. The number of nitrogens with zero attached hydrogens (tertiary/aromatic N) is 3. The zero-order valence-corrected chi connectivity index (χ0v) is 20.7. The third-order valence-electron chi connectivity index (χ3n) is 6.90. The van der Waals surface area contributed by atoms with Gasteiger partial charge in [0.25, 0.3) is 17.2 Å². The number of carbonyl (C=O) groups is 1. The molecule has 5 rings (SSSR count). The first kappa shape index (κ1) is 24.1.